The molecule has 3 heteroatoms. The van der Waals surface area contributed by atoms with E-state index in [2.05, 4.69) is 63.4 Å². The molecule has 2 rings (SSSR count). The number of benzene rings is 1. The van der Waals surface area contributed by atoms with Gasteiger partial charge in [-0.2, -0.15) is 5.10 Å². The number of nitrogens with zero attached hydrogens (tertiary/aromatic N) is 2. The van der Waals surface area contributed by atoms with Crippen LogP contribution >= 0.6 is 0 Å². The van der Waals surface area contributed by atoms with Gasteiger partial charge in [-0.15, -0.1) is 0 Å². The van der Waals surface area contributed by atoms with Crippen molar-refractivity contribution >= 4 is 0 Å². The summed E-state index contributed by atoms with van der Waals surface area (Å²) in [6.07, 6.45) is 4.00. The molecule has 0 spiro atoms. The van der Waals surface area contributed by atoms with Gasteiger partial charge in [0.25, 0.3) is 0 Å². The Labute approximate surface area is 122 Å². The Bertz CT molecular complexity index is 598. The number of hydrogen-bond acceptors (Lipinski definition) is 2. The fourth-order valence-corrected chi connectivity index (χ4v) is 2.67. The molecule has 0 aliphatic heterocycles. The first kappa shape index (κ1) is 14.8. The summed E-state index contributed by atoms with van der Waals surface area (Å²) in [5.74, 6) is 0. The maximum atomic E-state index is 4.24. The standard InChI is InChI=1S/C17H25N3/c1-11-7-13(3)17(8-12(11)2)15(5)19-14(4)16-9-18-20(6)10-16/h7-10,14-15,19H,1-6H3/t14-,15+/m0/s1. The van der Waals surface area contributed by atoms with Crippen molar-refractivity contribution in [2.75, 3.05) is 0 Å². The molecule has 1 aromatic heterocycles. The van der Waals surface area contributed by atoms with Crippen molar-refractivity contribution in [2.45, 2.75) is 46.7 Å². The number of aryl methyl sites for hydroxylation is 4. The summed E-state index contributed by atoms with van der Waals surface area (Å²) < 4.78 is 1.85. The molecule has 0 aliphatic carbocycles. The second kappa shape index (κ2) is 5.80. The molecule has 20 heavy (non-hydrogen) atoms. The van der Waals surface area contributed by atoms with Crippen LogP contribution in [0.3, 0.4) is 0 Å². The predicted molar refractivity (Wildman–Crippen MR) is 83.8 cm³/mol. The summed E-state index contributed by atoms with van der Waals surface area (Å²) >= 11 is 0. The van der Waals surface area contributed by atoms with Gasteiger partial charge in [0.1, 0.15) is 0 Å². The lowest BCUT2D eigenvalue weighted by atomic mass is 9.96. The number of hydrogen-bond donors (Lipinski definition) is 1. The highest BCUT2D eigenvalue weighted by molar-refractivity contribution is 5.38. The smallest absolute Gasteiger partial charge is 0.0537 e. The molecule has 0 saturated heterocycles. The molecule has 0 unspecified atom stereocenters. The fraction of sp³-hybridized carbons (Fsp3) is 0.471. The van der Waals surface area contributed by atoms with Gasteiger partial charge in [0, 0.05) is 30.9 Å². The van der Waals surface area contributed by atoms with Crippen molar-refractivity contribution in [3.8, 4) is 0 Å². The van der Waals surface area contributed by atoms with Crippen LogP contribution in [0.1, 0.15) is 53.7 Å². The normalized spacial score (nSPS) is 14.3. The maximum Gasteiger partial charge on any atom is 0.0537 e. The van der Waals surface area contributed by atoms with Crippen molar-refractivity contribution in [1.82, 2.24) is 15.1 Å². The van der Waals surface area contributed by atoms with Gasteiger partial charge in [-0.05, 0) is 56.9 Å². The first-order valence-electron chi connectivity index (χ1n) is 7.21. The summed E-state index contributed by atoms with van der Waals surface area (Å²) in [5.41, 5.74) is 6.67. The van der Waals surface area contributed by atoms with E-state index in [9.17, 15) is 0 Å². The molecule has 0 aliphatic rings. The van der Waals surface area contributed by atoms with Crippen LogP contribution in [0.4, 0.5) is 0 Å². The van der Waals surface area contributed by atoms with Crippen molar-refractivity contribution in [1.29, 1.82) is 0 Å². The first-order valence-corrected chi connectivity index (χ1v) is 7.21. The number of rotatable bonds is 4. The fourth-order valence-electron chi connectivity index (χ4n) is 2.67. The van der Waals surface area contributed by atoms with Gasteiger partial charge in [0.15, 0.2) is 0 Å². The predicted octanol–water partition coefficient (Wildman–Crippen LogP) is 3.76. The minimum Gasteiger partial charge on any atom is -0.304 e. The molecule has 2 aromatic rings. The highest BCUT2D eigenvalue weighted by Gasteiger charge is 2.14. The molecule has 0 bridgehead atoms. The first-order chi connectivity index (χ1) is 9.38. The van der Waals surface area contributed by atoms with Gasteiger partial charge >= 0.3 is 0 Å². The Morgan fingerprint density at radius 2 is 1.65 bits per heavy atom. The van der Waals surface area contributed by atoms with Crippen molar-refractivity contribution in [2.24, 2.45) is 7.05 Å². The van der Waals surface area contributed by atoms with E-state index in [1.165, 1.54) is 27.8 Å². The summed E-state index contributed by atoms with van der Waals surface area (Å²) in [7, 11) is 1.95. The minimum atomic E-state index is 0.291. The summed E-state index contributed by atoms with van der Waals surface area (Å²) in [6, 6.07) is 5.19. The molecule has 0 fully saturated rings. The van der Waals surface area contributed by atoms with Gasteiger partial charge in [-0.25, -0.2) is 0 Å². The van der Waals surface area contributed by atoms with Gasteiger partial charge in [-0.3, -0.25) is 4.68 Å². The van der Waals surface area contributed by atoms with Crippen molar-refractivity contribution in [3.63, 3.8) is 0 Å². The Morgan fingerprint density at radius 3 is 2.25 bits per heavy atom. The van der Waals surface area contributed by atoms with Crippen LogP contribution in [0.25, 0.3) is 0 Å². The zero-order valence-electron chi connectivity index (χ0n) is 13.4. The van der Waals surface area contributed by atoms with Gasteiger partial charge < -0.3 is 5.32 Å². The Morgan fingerprint density at radius 1 is 1.00 bits per heavy atom. The summed E-state index contributed by atoms with van der Waals surface area (Å²) in [6.45, 7) is 10.9. The highest BCUT2D eigenvalue weighted by Crippen LogP contribution is 2.24. The van der Waals surface area contributed by atoms with E-state index in [1.54, 1.807) is 0 Å². The molecule has 3 nitrogen and oxygen atoms in total. The lowest BCUT2D eigenvalue weighted by molar-refractivity contribution is 0.492. The highest BCUT2D eigenvalue weighted by atomic mass is 15.2. The van der Waals surface area contributed by atoms with Crippen LogP contribution in [0.15, 0.2) is 24.5 Å². The second-order valence-corrected chi connectivity index (χ2v) is 5.85. The summed E-state index contributed by atoms with van der Waals surface area (Å²) in [4.78, 5) is 0. The van der Waals surface area contributed by atoms with E-state index < -0.39 is 0 Å². The molecule has 0 saturated carbocycles. The minimum absolute atomic E-state index is 0.291. The van der Waals surface area contributed by atoms with Crippen LogP contribution in [0.2, 0.25) is 0 Å². The third-order valence-corrected chi connectivity index (χ3v) is 4.07. The third kappa shape index (κ3) is 3.10. The van der Waals surface area contributed by atoms with E-state index in [0.29, 0.717) is 12.1 Å². The van der Waals surface area contributed by atoms with Crippen molar-refractivity contribution < 1.29 is 0 Å². The quantitative estimate of drug-likeness (QED) is 0.917. The van der Waals surface area contributed by atoms with E-state index in [0.717, 1.165) is 0 Å². The largest absolute Gasteiger partial charge is 0.304 e. The van der Waals surface area contributed by atoms with E-state index in [1.807, 2.05) is 17.9 Å². The molecule has 1 N–H and O–H groups in total. The molecule has 1 aromatic carbocycles. The van der Waals surface area contributed by atoms with Gasteiger partial charge in [0.2, 0.25) is 0 Å². The molecule has 108 valence electrons. The molecule has 0 radical (unpaired) electrons. The maximum absolute atomic E-state index is 4.24. The van der Waals surface area contributed by atoms with E-state index >= 15 is 0 Å². The van der Waals surface area contributed by atoms with Crippen LogP contribution in [0.5, 0.6) is 0 Å². The monoisotopic (exact) mass is 271 g/mol. The average Bonchev–Trinajstić information content (AvgIpc) is 2.80. The topological polar surface area (TPSA) is 29.9 Å². The van der Waals surface area contributed by atoms with E-state index in [-0.39, 0.29) is 0 Å². The molecule has 2 atom stereocenters. The summed E-state index contributed by atoms with van der Waals surface area (Å²) in [5, 5.41) is 7.90. The Balaban J connectivity index is 2.16. The van der Waals surface area contributed by atoms with Crippen LogP contribution < -0.4 is 5.32 Å². The third-order valence-electron chi connectivity index (χ3n) is 4.07. The lowest BCUT2D eigenvalue weighted by Gasteiger charge is -2.22. The van der Waals surface area contributed by atoms with Gasteiger partial charge in [-0.1, -0.05) is 12.1 Å². The van der Waals surface area contributed by atoms with Crippen LogP contribution in [0, 0.1) is 20.8 Å². The zero-order chi connectivity index (χ0) is 14.9. The Kier molecular flexibility index (Phi) is 4.29. The average molecular weight is 271 g/mol. The molecule has 1 heterocycles. The molecular formula is C17H25N3. The number of nitrogens with one attached hydrogen (secondary N) is 1. The van der Waals surface area contributed by atoms with Crippen LogP contribution in [-0.4, -0.2) is 9.78 Å². The molecular weight excluding hydrogens is 246 g/mol. The zero-order valence-corrected chi connectivity index (χ0v) is 13.4. The van der Waals surface area contributed by atoms with Gasteiger partial charge in [0.05, 0.1) is 6.20 Å². The second-order valence-electron chi connectivity index (χ2n) is 5.85. The lowest BCUT2D eigenvalue weighted by Crippen LogP contribution is -2.23. The SMILES string of the molecule is Cc1cc(C)c([C@@H](C)N[C@@H](C)c2cnn(C)c2)cc1C. The molecule has 0 amide bonds. The van der Waals surface area contributed by atoms with E-state index in [4.69, 9.17) is 0 Å². The number of aromatic nitrogens is 2. The van der Waals surface area contributed by atoms with Crippen LogP contribution in [-0.2, 0) is 7.05 Å². The Hall–Kier alpha value is -1.61. The van der Waals surface area contributed by atoms with Crippen molar-refractivity contribution in [3.05, 3.63) is 52.3 Å².